The van der Waals surface area contributed by atoms with Crippen LogP contribution >= 0.6 is 28.3 Å². The molecule has 0 fully saturated rings. The lowest BCUT2D eigenvalue weighted by atomic mass is 9.98. The third-order valence-electron chi connectivity index (χ3n) is 4.82. The van der Waals surface area contributed by atoms with Crippen LogP contribution in [0.4, 0.5) is 0 Å². The first-order chi connectivity index (χ1) is 14.5. The van der Waals surface area contributed by atoms with Crippen LogP contribution in [0.2, 0.25) is 0 Å². The zero-order chi connectivity index (χ0) is 21.3. The van der Waals surface area contributed by atoms with E-state index in [0.717, 1.165) is 46.3 Å². The average molecular weight is 503 g/mol. The molecule has 0 unspecified atom stereocenters. The summed E-state index contributed by atoms with van der Waals surface area (Å²) in [5, 5.41) is 9.93. The first-order valence-corrected chi connectivity index (χ1v) is 10.9. The normalized spacial score (nSPS) is 11.0. The summed E-state index contributed by atoms with van der Waals surface area (Å²) in [6, 6.07) is 22.0. The number of rotatable bonds is 9. The lowest BCUT2D eigenvalue weighted by Gasteiger charge is -2.11. The average Bonchev–Trinajstić information content (AvgIpc) is 2.73. The third-order valence-corrected chi connectivity index (χ3v) is 5.35. The molecule has 0 aliphatic carbocycles. The first-order valence-electron chi connectivity index (χ1n) is 10.1. The van der Waals surface area contributed by atoms with Crippen LogP contribution in [0, 0.1) is 0 Å². The zero-order valence-electron chi connectivity index (χ0n) is 17.9. The van der Waals surface area contributed by atoms with Crippen molar-refractivity contribution in [2.75, 3.05) is 27.2 Å². The van der Waals surface area contributed by atoms with Crippen LogP contribution in [0.15, 0.2) is 77.3 Å². The van der Waals surface area contributed by atoms with E-state index in [1.165, 1.54) is 5.56 Å². The van der Waals surface area contributed by atoms with Gasteiger partial charge >= 0.3 is 0 Å². The van der Waals surface area contributed by atoms with Gasteiger partial charge in [-0.1, -0.05) is 58.4 Å². The van der Waals surface area contributed by atoms with Gasteiger partial charge in [0.05, 0.1) is 0 Å². The van der Waals surface area contributed by atoms with E-state index >= 15 is 0 Å². The number of allylic oxidation sites excluding steroid dienone is 1. The molecule has 0 radical (unpaired) electrons. The van der Waals surface area contributed by atoms with E-state index < -0.39 is 0 Å². The molecule has 0 spiro atoms. The number of benzene rings is 3. The fourth-order valence-electron chi connectivity index (χ4n) is 3.13. The molecule has 31 heavy (non-hydrogen) atoms. The van der Waals surface area contributed by atoms with Gasteiger partial charge in [0.15, 0.2) is 0 Å². The van der Waals surface area contributed by atoms with Crippen molar-refractivity contribution in [3.63, 3.8) is 0 Å². The van der Waals surface area contributed by atoms with E-state index in [1.807, 2.05) is 50.5 Å². The molecular weight excluding hydrogens is 474 g/mol. The molecule has 0 aromatic heterocycles. The summed E-state index contributed by atoms with van der Waals surface area (Å²) in [5.74, 6) is 1.19. The van der Waals surface area contributed by atoms with E-state index in [2.05, 4.69) is 57.2 Å². The Kier molecular flexibility index (Phi) is 10.1. The summed E-state index contributed by atoms with van der Waals surface area (Å²) in [6.07, 6.45) is 6.24. The highest BCUT2D eigenvalue weighted by Gasteiger charge is 2.05. The fourth-order valence-corrected chi connectivity index (χ4v) is 3.39. The highest BCUT2D eigenvalue weighted by molar-refractivity contribution is 9.10. The molecule has 164 valence electrons. The van der Waals surface area contributed by atoms with Gasteiger partial charge in [-0.05, 0) is 85.6 Å². The van der Waals surface area contributed by atoms with Crippen molar-refractivity contribution in [3.05, 3.63) is 88.4 Å². The lowest BCUT2D eigenvalue weighted by Crippen LogP contribution is -2.19. The number of hydrogen-bond donors (Lipinski definition) is 1. The van der Waals surface area contributed by atoms with Gasteiger partial charge < -0.3 is 14.7 Å². The van der Waals surface area contributed by atoms with Gasteiger partial charge in [-0.2, -0.15) is 0 Å². The number of ether oxygens (including phenoxy) is 1. The summed E-state index contributed by atoms with van der Waals surface area (Å²) in [5.41, 5.74) is 4.50. The second-order valence-electron chi connectivity index (χ2n) is 7.52. The minimum Gasteiger partial charge on any atom is -0.508 e. The second kappa shape index (κ2) is 12.6. The van der Waals surface area contributed by atoms with Crippen LogP contribution < -0.4 is 4.74 Å². The first kappa shape index (κ1) is 25.0. The van der Waals surface area contributed by atoms with Gasteiger partial charge in [-0.3, -0.25) is 0 Å². The molecule has 3 aromatic carbocycles. The number of aromatic hydroxyl groups is 1. The molecule has 0 aliphatic heterocycles. The van der Waals surface area contributed by atoms with Crippen molar-refractivity contribution in [2.24, 2.45) is 0 Å². The van der Waals surface area contributed by atoms with Crippen LogP contribution in [0.5, 0.6) is 11.5 Å². The maximum atomic E-state index is 9.93. The number of aryl methyl sites for hydroxylation is 1. The molecule has 5 heteroatoms. The van der Waals surface area contributed by atoms with Crippen LogP contribution in [0.3, 0.4) is 0 Å². The van der Waals surface area contributed by atoms with Crippen molar-refractivity contribution in [2.45, 2.75) is 12.8 Å². The summed E-state index contributed by atoms with van der Waals surface area (Å²) < 4.78 is 6.79. The predicted octanol–water partition coefficient (Wildman–Crippen LogP) is 6.83. The molecule has 0 aliphatic rings. The number of phenolic OH excluding ortho intramolecular Hbond substituents is 1. The van der Waals surface area contributed by atoms with Crippen LogP contribution in [-0.4, -0.2) is 37.3 Å². The monoisotopic (exact) mass is 501 g/mol. The topological polar surface area (TPSA) is 32.7 Å². The Hall–Kier alpha value is -2.27. The van der Waals surface area contributed by atoms with Crippen molar-refractivity contribution < 1.29 is 9.84 Å². The zero-order valence-corrected chi connectivity index (χ0v) is 20.3. The second-order valence-corrected chi connectivity index (χ2v) is 8.43. The summed E-state index contributed by atoms with van der Waals surface area (Å²) >= 11 is 3.47. The van der Waals surface area contributed by atoms with E-state index in [1.54, 1.807) is 6.07 Å². The Bertz CT molecular complexity index is 970. The number of halogens is 2. The van der Waals surface area contributed by atoms with Crippen molar-refractivity contribution in [3.8, 4) is 22.6 Å². The Morgan fingerprint density at radius 2 is 1.68 bits per heavy atom. The molecule has 1 N–H and O–H groups in total. The Morgan fingerprint density at radius 1 is 0.968 bits per heavy atom. The van der Waals surface area contributed by atoms with Gasteiger partial charge in [0.25, 0.3) is 0 Å². The SMILES string of the molecule is CN(C)CCOc1ccc(CC/C=C\c2ccc(O)cc2-c2ccc(Br)cc2)cc1.Cl. The summed E-state index contributed by atoms with van der Waals surface area (Å²) in [4.78, 5) is 2.11. The molecule has 0 heterocycles. The maximum absolute atomic E-state index is 9.93. The molecule has 3 nitrogen and oxygen atoms in total. The lowest BCUT2D eigenvalue weighted by molar-refractivity contribution is 0.261. The summed E-state index contributed by atoms with van der Waals surface area (Å²) in [7, 11) is 4.08. The van der Waals surface area contributed by atoms with Crippen molar-refractivity contribution in [1.29, 1.82) is 0 Å². The Labute approximate surface area is 199 Å². The van der Waals surface area contributed by atoms with E-state index in [0.29, 0.717) is 6.61 Å². The maximum Gasteiger partial charge on any atom is 0.119 e. The number of phenols is 1. The van der Waals surface area contributed by atoms with Crippen LogP contribution in [0.1, 0.15) is 17.5 Å². The fraction of sp³-hybridized carbons (Fsp3) is 0.231. The van der Waals surface area contributed by atoms with Crippen LogP contribution in [0.25, 0.3) is 17.2 Å². The van der Waals surface area contributed by atoms with Crippen LogP contribution in [-0.2, 0) is 6.42 Å². The molecule has 0 bridgehead atoms. The third kappa shape index (κ3) is 8.06. The largest absolute Gasteiger partial charge is 0.508 e. The van der Waals surface area contributed by atoms with Gasteiger partial charge in [0, 0.05) is 11.0 Å². The molecule has 0 atom stereocenters. The Balaban J connectivity index is 0.00000341. The molecule has 0 amide bonds. The molecule has 0 saturated carbocycles. The quantitative estimate of drug-likeness (QED) is 0.348. The number of hydrogen-bond acceptors (Lipinski definition) is 3. The smallest absolute Gasteiger partial charge is 0.119 e. The minimum absolute atomic E-state index is 0. The van der Waals surface area contributed by atoms with Crippen molar-refractivity contribution in [1.82, 2.24) is 4.90 Å². The number of nitrogens with zero attached hydrogens (tertiary/aromatic N) is 1. The highest BCUT2D eigenvalue weighted by atomic mass is 79.9. The van der Waals surface area contributed by atoms with Gasteiger partial charge in [0.1, 0.15) is 18.1 Å². The molecular formula is C26H29BrClNO2. The van der Waals surface area contributed by atoms with Gasteiger partial charge in [-0.15, -0.1) is 12.4 Å². The van der Waals surface area contributed by atoms with E-state index in [4.69, 9.17) is 4.74 Å². The van der Waals surface area contributed by atoms with Gasteiger partial charge in [0.2, 0.25) is 0 Å². The Morgan fingerprint density at radius 3 is 2.35 bits per heavy atom. The summed E-state index contributed by atoms with van der Waals surface area (Å²) in [6.45, 7) is 1.61. The number of likely N-dealkylation sites (N-methyl/N-ethyl adjacent to an activating group) is 1. The standard InChI is InChI=1S/C26H28BrNO2.ClH/c1-28(2)17-18-30-25-15-7-20(8-16-25)5-3-4-6-21-11-14-24(29)19-26(21)22-9-12-23(27)13-10-22;/h4,6-16,19,29H,3,5,17-18H2,1-2H3;1H/b6-4-;. The predicted molar refractivity (Wildman–Crippen MR) is 136 cm³/mol. The molecule has 3 aromatic rings. The molecule has 0 saturated heterocycles. The van der Waals surface area contributed by atoms with Crippen molar-refractivity contribution >= 4 is 34.4 Å². The molecule has 3 rings (SSSR count). The minimum atomic E-state index is 0. The van der Waals surface area contributed by atoms with E-state index in [9.17, 15) is 5.11 Å². The van der Waals surface area contributed by atoms with E-state index in [-0.39, 0.29) is 18.2 Å². The van der Waals surface area contributed by atoms with Gasteiger partial charge in [-0.25, -0.2) is 0 Å². The highest BCUT2D eigenvalue weighted by Crippen LogP contribution is 2.29.